The average molecular weight is 416 g/mol. The molecule has 28 heavy (non-hydrogen) atoms. The normalized spacial score (nSPS) is 13.7. The second-order valence-electron chi connectivity index (χ2n) is 5.85. The zero-order valence-electron chi connectivity index (χ0n) is 14.5. The Hall–Kier alpha value is -2.95. The van der Waals surface area contributed by atoms with Crippen LogP contribution in [0.1, 0.15) is 12.5 Å². The number of nitrogens with one attached hydrogen (secondary N) is 2. The maximum Gasteiger partial charge on any atom is 0.418 e. The summed E-state index contributed by atoms with van der Waals surface area (Å²) in [6, 6.07) is 6.50. The number of hydrogen-bond acceptors (Lipinski definition) is 5. The van der Waals surface area contributed by atoms with Gasteiger partial charge in [0.1, 0.15) is 13.2 Å². The molecule has 0 saturated carbocycles. The van der Waals surface area contributed by atoms with Gasteiger partial charge in [0, 0.05) is 18.7 Å². The van der Waals surface area contributed by atoms with Crippen LogP contribution in [0.5, 0.6) is 11.5 Å². The molecule has 11 heteroatoms. The number of hydrogen-bond donors (Lipinski definition) is 2. The Kier molecular flexibility index (Phi) is 5.11. The fraction of sp³-hybridized carbons (Fsp3) is 0.235. The molecule has 0 fully saturated rings. The zero-order valence-corrected chi connectivity index (χ0v) is 15.3. The van der Waals surface area contributed by atoms with Gasteiger partial charge in [-0.1, -0.05) is 0 Å². The number of rotatable bonds is 4. The molecule has 1 amide bonds. The van der Waals surface area contributed by atoms with E-state index in [0.717, 1.165) is 19.1 Å². The van der Waals surface area contributed by atoms with E-state index in [1.807, 2.05) is 4.72 Å². The van der Waals surface area contributed by atoms with E-state index in [-0.39, 0.29) is 22.9 Å². The number of sulfonamides is 1. The van der Waals surface area contributed by atoms with Crippen molar-refractivity contribution in [2.45, 2.75) is 18.0 Å². The minimum atomic E-state index is -4.85. The van der Waals surface area contributed by atoms with E-state index in [0.29, 0.717) is 18.4 Å². The molecule has 1 aliphatic heterocycles. The smallest absolute Gasteiger partial charge is 0.418 e. The van der Waals surface area contributed by atoms with Gasteiger partial charge >= 0.3 is 6.18 Å². The first-order chi connectivity index (χ1) is 13.1. The SMILES string of the molecule is CC(=O)Nc1ccc(NS(=O)(=O)c2ccc3c(c2)OCCO3)c(C(F)(F)F)c1. The van der Waals surface area contributed by atoms with Crippen molar-refractivity contribution in [3.8, 4) is 11.5 Å². The van der Waals surface area contributed by atoms with E-state index in [1.165, 1.54) is 18.2 Å². The minimum Gasteiger partial charge on any atom is -0.486 e. The van der Waals surface area contributed by atoms with Gasteiger partial charge in [-0.05, 0) is 30.3 Å². The first-order valence-electron chi connectivity index (χ1n) is 7.97. The van der Waals surface area contributed by atoms with Crippen molar-refractivity contribution in [3.05, 3.63) is 42.0 Å². The van der Waals surface area contributed by atoms with E-state index < -0.39 is 33.4 Å². The summed E-state index contributed by atoms with van der Waals surface area (Å²) in [7, 11) is -4.34. The quantitative estimate of drug-likeness (QED) is 0.798. The summed E-state index contributed by atoms with van der Waals surface area (Å²) in [5.41, 5.74) is -2.02. The third-order valence-electron chi connectivity index (χ3n) is 3.71. The number of fused-ring (bicyclic) bond motifs is 1. The Morgan fingerprint density at radius 1 is 1.04 bits per heavy atom. The predicted octanol–water partition coefficient (Wildman–Crippen LogP) is 3.24. The first kappa shape index (κ1) is 19.8. The molecule has 2 aromatic rings. The van der Waals surface area contributed by atoms with Gasteiger partial charge in [0.15, 0.2) is 11.5 Å². The first-order valence-corrected chi connectivity index (χ1v) is 9.46. The second kappa shape index (κ2) is 7.23. The summed E-state index contributed by atoms with van der Waals surface area (Å²) in [6.45, 7) is 1.69. The summed E-state index contributed by atoms with van der Waals surface area (Å²) < 4.78 is 77.9. The molecule has 2 aromatic carbocycles. The largest absolute Gasteiger partial charge is 0.486 e. The van der Waals surface area contributed by atoms with Crippen LogP contribution in [0.4, 0.5) is 24.5 Å². The molecule has 7 nitrogen and oxygen atoms in total. The van der Waals surface area contributed by atoms with Crippen LogP contribution in [0.3, 0.4) is 0 Å². The number of anilines is 2. The molecule has 0 atom stereocenters. The van der Waals surface area contributed by atoms with Crippen LogP contribution in [-0.2, 0) is 21.0 Å². The average Bonchev–Trinajstić information content (AvgIpc) is 2.61. The third kappa shape index (κ3) is 4.30. The molecule has 0 aliphatic carbocycles. The third-order valence-corrected chi connectivity index (χ3v) is 5.08. The Labute approximate surface area is 158 Å². The molecule has 0 radical (unpaired) electrons. The molecule has 0 spiro atoms. The lowest BCUT2D eigenvalue weighted by atomic mass is 10.1. The van der Waals surface area contributed by atoms with E-state index in [4.69, 9.17) is 9.47 Å². The molecular weight excluding hydrogens is 401 g/mol. The molecule has 2 N–H and O–H groups in total. The summed E-state index contributed by atoms with van der Waals surface area (Å²) in [6.07, 6.45) is -4.85. The van der Waals surface area contributed by atoms with Gasteiger partial charge < -0.3 is 14.8 Å². The Bertz CT molecular complexity index is 1020. The van der Waals surface area contributed by atoms with Crippen LogP contribution in [0.25, 0.3) is 0 Å². The lowest BCUT2D eigenvalue weighted by molar-refractivity contribution is -0.136. The molecule has 0 saturated heterocycles. The molecule has 3 rings (SSSR count). The Balaban J connectivity index is 1.96. The van der Waals surface area contributed by atoms with E-state index in [1.54, 1.807) is 0 Å². The Morgan fingerprint density at radius 2 is 1.71 bits per heavy atom. The summed E-state index contributed by atoms with van der Waals surface area (Å²) in [5.74, 6) is -0.0234. The van der Waals surface area contributed by atoms with Gasteiger partial charge in [0.2, 0.25) is 5.91 Å². The monoisotopic (exact) mass is 416 g/mol. The molecule has 0 unspecified atom stereocenters. The number of ether oxygens (including phenoxy) is 2. The highest BCUT2D eigenvalue weighted by Crippen LogP contribution is 2.38. The van der Waals surface area contributed by atoms with Crippen molar-refractivity contribution in [2.24, 2.45) is 0 Å². The van der Waals surface area contributed by atoms with Crippen LogP contribution in [0, 0.1) is 0 Å². The maximum absolute atomic E-state index is 13.4. The van der Waals surface area contributed by atoms with Gasteiger partial charge in [-0.2, -0.15) is 13.2 Å². The Morgan fingerprint density at radius 3 is 2.36 bits per heavy atom. The number of halogens is 3. The van der Waals surface area contributed by atoms with Crippen molar-refractivity contribution in [2.75, 3.05) is 23.3 Å². The highest BCUT2D eigenvalue weighted by molar-refractivity contribution is 7.92. The van der Waals surface area contributed by atoms with Gasteiger partial charge in [-0.25, -0.2) is 8.42 Å². The van der Waals surface area contributed by atoms with Crippen molar-refractivity contribution in [3.63, 3.8) is 0 Å². The van der Waals surface area contributed by atoms with Crippen LogP contribution in [-0.4, -0.2) is 27.5 Å². The predicted molar refractivity (Wildman–Crippen MR) is 94.0 cm³/mol. The fourth-order valence-corrected chi connectivity index (χ4v) is 3.64. The van der Waals surface area contributed by atoms with E-state index in [2.05, 4.69) is 5.32 Å². The standard InChI is InChI=1S/C17H15F3N2O5S/c1-10(23)21-11-2-4-14(13(8-11)17(18,19)20)22-28(24,25)12-3-5-15-16(9-12)27-7-6-26-15/h2-5,8-9,22H,6-7H2,1H3,(H,21,23). The summed E-state index contributed by atoms with van der Waals surface area (Å²) >= 11 is 0. The van der Waals surface area contributed by atoms with Gasteiger partial charge in [0.05, 0.1) is 16.1 Å². The van der Waals surface area contributed by atoms with E-state index >= 15 is 0 Å². The number of carbonyl (C=O) groups excluding carboxylic acids is 1. The summed E-state index contributed by atoms with van der Waals surface area (Å²) in [4.78, 5) is 10.8. The van der Waals surface area contributed by atoms with Crippen LogP contribution in [0.2, 0.25) is 0 Å². The van der Waals surface area contributed by atoms with Crippen LogP contribution >= 0.6 is 0 Å². The lowest BCUT2D eigenvalue weighted by Crippen LogP contribution is -2.19. The highest BCUT2D eigenvalue weighted by atomic mass is 32.2. The van der Waals surface area contributed by atoms with Crippen LogP contribution in [0.15, 0.2) is 41.3 Å². The summed E-state index contributed by atoms with van der Waals surface area (Å²) in [5, 5.41) is 2.23. The molecule has 1 aliphatic rings. The maximum atomic E-state index is 13.4. The number of alkyl halides is 3. The molecular formula is C17H15F3N2O5S. The second-order valence-corrected chi connectivity index (χ2v) is 7.53. The van der Waals surface area contributed by atoms with Crippen molar-refractivity contribution < 1.29 is 35.9 Å². The number of amides is 1. The van der Waals surface area contributed by atoms with Gasteiger partial charge in [-0.15, -0.1) is 0 Å². The van der Waals surface area contributed by atoms with E-state index in [9.17, 15) is 26.4 Å². The molecule has 0 bridgehead atoms. The molecule has 0 aromatic heterocycles. The van der Waals surface area contributed by atoms with Gasteiger partial charge in [-0.3, -0.25) is 9.52 Å². The van der Waals surface area contributed by atoms with Crippen molar-refractivity contribution >= 4 is 27.3 Å². The van der Waals surface area contributed by atoms with Crippen molar-refractivity contribution in [1.29, 1.82) is 0 Å². The van der Waals surface area contributed by atoms with Crippen LogP contribution < -0.4 is 19.5 Å². The fourth-order valence-electron chi connectivity index (χ4n) is 2.54. The molecule has 150 valence electrons. The zero-order chi connectivity index (χ0) is 20.5. The number of carbonyl (C=O) groups is 1. The molecule has 1 heterocycles. The number of benzene rings is 2. The van der Waals surface area contributed by atoms with Crippen molar-refractivity contribution in [1.82, 2.24) is 0 Å². The topological polar surface area (TPSA) is 93.7 Å². The lowest BCUT2D eigenvalue weighted by Gasteiger charge is -2.20. The van der Waals surface area contributed by atoms with Gasteiger partial charge in [0.25, 0.3) is 10.0 Å². The minimum absolute atomic E-state index is 0.109. The highest BCUT2D eigenvalue weighted by Gasteiger charge is 2.35.